The molecule has 1 aromatic carbocycles. The number of carbonyl (C=O) groups excluding carboxylic acids is 1. The average molecular weight is 433 g/mol. The molecule has 0 radical (unpaired) electrons. The van der Waals surface area contributed by atoms with E-state index in [-0.39, 0.29) is 6.04 Å². The first-order chi connectivity index (χ1) is 14.9. The Balaban J connectivity index is 1.48. The lowest BCUT2D eigenvalue weighted by Crippen LogP contribution is -2.63. The second-order valence-corrected chi connectivity index (χ2v) is 7.46. The van der Waals surface area contributed by atoms with E-state index < -0.39 is 17.5 Å². The number of pyridine rings is 1. The fraction of sp³-hybridized carbons (Fsp3) is 0.364. The van der Waals surface area contributed by atoms with Gasteiger partial charge < -0.3 is 14.8 Å². The summed E-state index contributed by atoms with van der Waals surface area (Å²) in [4.78, 5) is 18.2. The molecular weight excluding hydrogens is 411 g/mol. The Morgan fingerprint density at radius 3 is 2.77 bits per heavy atom. The van der Waals surface area contributed by atoms with Crippen LogP contribution in [-0.2, 0) is 15.7 Å². The Labute approximate surface area is 177 Å². The molecule has 0 aliphatic carbocycles. The Morgan fingerprint density at radius 1 is 1.29 bits per heavy atom. The Morgan fingerprint density at radius 2 is 2.10 bits per heavy atom. The van der Waals surface area contributed by atoms with Gasteiger partial charge in [-0.3, -0.25) is 14.7 Å². The van der Waals surface area contributed by atoms with Gasteiger partial charge in [0.15, 0.2) is 6.29 Å². The summed E-state index contributed by atoms with van der Waals surface area (Å²) in [6.45, 7) is 2.17. The number of piperazine rings is 1. The number of rotatable bonds is 6. The van der Waals surface area contributed by atoms with Gasteiger partial charge in [-0.1, -0.05) is 12.1 Å². The molecule has 2 aliphatic rings. The van der Waals surface area contributed by atoms with Crippen LogP contribution in [0.25, 0.3) is 5.76 Å². The minimum atomic E-state index is -4.40. The number of aldehydes is 1. The van der Waals surface area contributed by atoms with Crippen molar-refractivity contribution in [1.29, 1.82) is 0 Å². The number of hydrogen-bond donors (Lipinski definition) is 1. The molecule has 2 aromatic rings. The highest BCUT2D eigenvalue weighted by Gasteiger charge is 2.47. The van der Waals surface area contributed by atoms with Gasteiger partial charge in [-0.05, 0) is 30.3 Å². The highest BCUT2D eigenvalue weighted by atomic mass is 19.4. The van der Waals surface area contributed by atoms with Crippen LogP contribution >= 0.6 is 0 Å². The minimum Gasteiger partial charge on any atom is -0.490 e. The molecule has 9 heteroatoms. The van der Waals surface area contributed by atoms with Crippen LogP contribution in [0.15, 0.2) is 54.9 Å². The van der Waals surface area contributed by atoms with Crippen molar-refractivity contribution in [3.8, 4) is 5.75 Å². The Kier molecular flexibility index (Phi) is 5.97. The van der Waals surface area contributed by atoms with E-state index in [1.165, 1.54) is 12.1 Å². The summed E-state index contributed by atoms with van der Waals surface area (Å²) in [6, 6.07) is 8.18. The van der Waals surface area contributed by atoms with Gasteiger partial charge in [-0.25, -0.2) is 0 Å². The van der Waals surface area contributed by atoms with E-state index in [0.717, 1.165) is 18.4 Å². The number of nitrogens with zero attached hydrogens (tertiary/aromatic N) is 2. The first kappa shape index (κ1) is 21.3. The van der Waals surface area contributed by atoms with E-state index in [0.29, 0.717) is 49.7 Å². The second-order valence-electron chi connectivity index (χ2n) is 7.46. The number of alkyl halides is 3. The maximum absolute atomic E-state index is 12.8. The third kappa shape index (κ3) is 4.57. The van der Waals surface area contributed by atoms with E-state index in [4.69, 9.17) is 9.47 Å². The molecule has 6 nitrogen and oxygen atoms in total. The van der Waals surface area contributed by atoms with Crippen molar-refractivity contribution in [2.24, 2.45) is 0 Å². The van der Waals surface area contributed by atoms with Crippen LogP contribution in [0.3, 0.4) is 0 Å². The fourth-order valence-electron chi connectivity index (χ4n) is 3.86. The third-order valence-corrected chi connectivity index (χ3v) is 5.46. The van der Waals surface area contributed by atoms with E-state index >= 15 is 0 Å². The topological polar surface area (TPSA) is 63.7 Å². The SMILES string of the molecule is O=CC1(N2CCNCC2COc2cccnc2)CC=C(c2ccc(C(F)(F)F)cc2)O1. The molecule has 164 valence electrons. The van der Waals surface area contributed by atoms with Crippen molar-refractivity contribution in [3.05, 3.63) is 66.0 Å². The van der Waals surface area contributed by atoms with Gasteiger partial charge in [0.25, 0.3) is 0 Å². The maximum atomic E-state index is 12.8. The zero-order valence-corrected chi connectivity index (χ0v) is 16.6. The standard InChI is InChI=1S/C22H22F3N3O3/c23-22(24,25)17-5-3-16(4-6-17)20-7-8-21(15-29,31-20)28-11-10-27-12-18(28)14-30-19-2-1-9-26-13-19/h1-7,9,13,15,18,27H,8,10-12,14H2. The molecule has 0 amide bonds. The summed E-state index contributed by atoms with van der Waals surface area (Å²) in [7, 11) is 0. The van der Waals surface area contributed by atoms with E-state index in [9.17, 15) is 18.0 Å². The molecule has 31 heavy (non-hydrogen) atoms. The molecule has 0 saturated carbocycles. The van der Waals surface area contributed by atoms with Gasteiger partial charge in [-0.15, -0.1) is 0 Å². The predicted molar refractivity (Wildman–Crippen MR) is 107 cm³/mol. The normalized spacial score (nSPS) is 24.4. The molecule has 2 atom stereocenters. The number of nitrogens with one attached hydrogen (secondary N) is 1. The van der Waals surface area contributed by atoms with Gasteiger partial charge in [-0.2, -0.15) is 13.2 Å². The maximum Gasteiger partial charge on any atom is 0.416 e. The monoisotopic (exact) mass is 433 g/mol. The van der Waals surface area contributed by atoms with Crippen LogP contribution in [0.1, 0.15) is 17.5 Å². The largest absolute Gasteiger partial charge is 0.490 e. The Bertz CT molecular complexity index is 935. The van der Waals surface area contributed by atoms with Gasteiger partial charge in [0.1, 0.15) is 18.1 Å². The molecule has 1 fully saturated rings. The van der Waals surface area contributed by atoms with Crippen molar-refractivity contribution in [2.75, 3.05) is 26.2 Å². The second kappa shape index (κ2) is 8.68. The first-order valence-corrected chi connectivity index (χ1v) is 9.95. The summed E-state index contributed by atoms with van der Waals surface area (Å²) in [5.74, 6) is 1.02. The number of hydrogen-bond acceptors (Lipinski definition) is 6. The quantitative estimate of drug-likeness (QED) is 0.707. The zero-order valence-electron chi connectivity index (χ0n) is 16.6. The molecule has 2 unspecified atom stereocenters. The third-order valence-electron chi connectivity index (χ3n) is 5.46. The van der Waals surface area contributed by atoms with E-state index in [1.54, 1.807) is 30.6 Å². The van der Waals surface area contributed by atoms with Crippen molar-refractivity contribution >= 4 is 12.0 Å². The number of aromatic nitrogens is 1. The van der Waals surface area contributed by atoms with E-state index in [2.05, 4.69) is 10.3 Å². The molecular formula is C22H22F3N3O3. The van der Waals surface area contributed by atoms with Crippen molar-refractivity contribution in [2.45, 2.75) is 24.4 Å². The first-order valence-electron chi connectivity index (χ1n) is 9.95. The van der Waals surface area contributed by atoms with Gasteiger partial charge >= 0.3 is 6.18 Å². The molecule has 1 N–H and O–H groups in total. The Hall–Kier alpha value is -2.91. The average Bonchev–Trinajstić information content (AvgIpc) is 3.24. The van der Waals surface area contributed by atoms with Crippen LogP contribution in [0.2, 0.25) is 0 Å². The lowest BCUT2D eigenvalue weighted by molar-refractivity contribution is -0.152. The molecule has 1 aromatic heterocycles. The van der Waals surface area contributed by atoms with Gasteiger partial charge in [0, 0.05) is 37.8 Å². The number of carbonyl (C=O) groups is 1. The highest BCUT2D eigenvalue weighted by molar-refractivity contribution is 5.71. The molecule has 3 heterocycles. The molecule has 0 spiro atoms. The lowest BCUT2D eigenvalue weighted by Gasteiger charge is -2.44. The van der Waals surface area contributed by atoms with Crippen LogP contribution < -0.4 is 10.1 Å². The summed E-state index contributed by atoms with van der Waals surface area (Å²) >= 11 is 0. The molecule has 2 aliphatic heterocycles. The fourth-order valence-corrected chi connectivity index (χ4v) is 3.86. The minimum absolute atomic E-state index is 0.139. The van der Waals surface area contributed by atoms with Gasteiger partial charge in [0.05, 0.1) is 17.8 Å². The summed E-state index contributed by atoms with van der Waals surface area (Å²) in [5, 5.41) is 3.30. The van der Waals surface area contributed by atoms with Crippen LogP contribution in [-0.4, -0.2) is 54.2 Å². The molecule has 4 rings (SSSR count). The zero-order chi connectivity index (χ0) is 21.9. The van der Waals surface area contributed by atoms with Gasteiger partial charge in [0.2, 0.25) is 5.72 Å². The lowest BCUT2D eigenvalue weighted by atomic mass is 10.0. The van der Waals surface area contributed by atoms with Crippen molar-refractivity contribution in [1.82, 2.24) is 15.2 Å². The number of benzene rings is 1. The van der Waals surface area contributed by atoms with Crippen LogP contribution in [0, 0.1) is 0 Å². The van der Waals surface area contributed by atoms with Crippen molar-refractivity contribution in [3.63, 3.8) is 0 Å². The molecule has 1 saturated heterocycles. The number of ether oxygens (including phenoxy) is 2. The summed E-state index contributed by atoms with van der Waals surface area (Å²) in [6.07, 6.45) is 1.69. The smallest absolute Gasteiger partial charge is 0.416 e. The molecule has 0 bridgehead atoms. The van der Waals surface area contributed by atoms with Crippen LogP contribution in [0.4, 0.5) is 13.2 Å². The van der Waals surface area contributed by atoms with Crippen LogP contribution in [0.5, 0.6) is 5.75 Å². The van der Waals surface area contributed by atoms with Crippen molar-refractivity contribution < 1.29 is 27.4 Å². The highest BCUT2D eigenvalue weighted by Crippen LogP contribution is 2.38. The predicted octanol–water partition coefficient (Wildman–Crippen LogP) is 3.11. The van der Waals surface area contributed by atoms with E-state index in [1.807, 2.05) is 4.90 Å². The number of halogens is 3. The summed E-state index contributed by atoms with van der Waals surface area (Å²) < 4.78 is 50.4. The summed E-state index contributed by atoms with van der Waals surface area (Å²) in [5.41, 5.74) is -1.45.